The summed E-state index contributed by atoms with van der Waals surface area (Å²) in [6.45, 7) is 9.31. The van der Waals surface area contributed by atoms with Crippen LogP contribution in [0.3, 0.4) is 0 Å². The van der Waals surface area contributed by atoms with Crippen LogP contribution in [0.1, 0.15) is 44.9 Å². The molecule has 2 aromatic rings. The van der Waals surface area contributed by atoms with Crippen molar-refractivity contribution in [2.75, 3.05) is 0 Å². The van der Waals surface area contributed by atoms with Crippen LogP contribution in [0.25, 0.3) is 0 Å². The van der Waals surface area contributed by atoms with Crippen LogP contribution >= 0.6 is 0 Å². The van der Waals surface area contributed by atoms with E-state index in [4.69, 9.17) is 4.74 Å². The first-order chi connectivity index (χ1) is 9.94. The average Bonchev–Trinajstić information content (AvgIpc) is 2.46. The maximum absolute atomic E-state index is 5.93. The Balaban J connectivity index is 2.01. The van der Waals surface area contributed by atoms with Crippen LogP contribution in [0.5, 0.6) is 5.88 Å². The summed E-state index contributed by atoms with van der Waals surface area (Å²) >= 11 is 0. The predicted octanol–water partition coefficient (Wildman–Crippen LogP) is 4.11. The molecule has 112 valence electrons. The van der Waals surface area contributed by atoms with Crippen LogP contribution in [-0.2, 0) is 6.54 Å². The first-order valence-electron chi connectivity index (χ1n) is 7.35. The number of nitrogens with one attached hydrogen (secondary N) is 1. The van der Waals surface area contributed by atoms with E-state index in [1.807, 2.05) is 37.3 Å². The van der Waals surface area contributed by atoms with Gasteiger partial charge in [0.15, 0.2) is 0 Å². The molecule has 0 radical (unpaired) electrons. The Kier molecular flexibility index (Phi) is 4.97. The van der Waals surface area contributed by atoms with Crippen molar-refractivity contribution in [1.29, 1.82) is 0 Å². The Bertz CT molecular complexity index is 561. The number of nitrogens with zero attached hydrogens (tertiary/aromatic N) is 1. The predicted molar refractivity (Wildman–Crippen MR) is 86.3 cm³/mol. The lowest BCUT2D eigenvalue weighted by Crippen LogP contribution is -2.35. The second-order valence-corrected chi connectivity index (χ2v) is 6.28. The zero-order valence-electron chi connectivity index (χ0n) is 13.3. The zero-order chi connectivity index (χ0) is 15.3. The van der Waals surface area contributed by atoms with Crippen molar-refractivity contribution in [3.05, 3.63) is 59.8 Å². The molecule has 0 spiro atoms. The van der Waals surface area contributed by atoms with E-state index in [0.29, 0.717) is 5.88 Å². The van der Waals surface area contributed by atoms with E-state index in [1.54, 1.807) is 6.20 Å². The van der Waals surface area contributed by atoms with Crippen LogP contribution < -0.4 is 10.1 Å². The normalized spacial score (nSPS) is 13.0. The maximum Gasteiger partial charge on any atom is 0.214 e. The molecule has 1 unspecified atom stereocenters. The highest BCUT2D eigenvalue weighted by atomic mass is 16.5. The summed E-state index contributed by atoms with van der Waals surface area (Å²) in [5, 5.41) is 3.47. The van der Waals surface area contributed by atoms with Gasteiger partial charge in [0.05, 0.1) is 0 Å². The third kappa shape index (κ3) is 5.20. The Morgan fingerprint density at radius 3 is 2.52 bits per heavy atom. The number of hydrogen-bond acceptors (Lipinski definition) is 3. The van der Waals surface area contributed by atoms with Gasteiger partial charge in [-0.2, -0.15) is 0 Å². The first kappa shape index (κ1) is 15.5. The first-order valence-corrected chi connectivity index (χ1v) is 7.35. The molecule has 0 amide bonds. The molecule has 0 fully saturated rings. The third-order valence-corrected chi connectivity index (χ3v) is 3.19. The lowest BCUT2D eigenvalue weighted by molar-refractivity contribution is 0.217. The number of hydrogen-bond donors (Lipinski definition) is 1. The number of benzene rings is 1. The molecule has 1 aromatic heterocycles. The monoisotopic (exact) mass is 284 g/mol. The largest absolute Gasteiger partial charge is 0.470 e. The summed E-state index contributed by atoms with van der Waals surface area (Å²) in [4.78, 5) is 4.30. The molecule has 0 aliphatic rings. The second kappa shape index (κ2) is 6.72. The molecule has 3 heteroatoms. The Morgan fingerprint density at radius 2 is 1.86 bits per heavy atom. The van der Waals surface area contributed by atoms with Crippen molar-refractivity contribution in [2.45, 2.75) is 45.9 Å². The molecule has 1 N–H and O–H groups in total. The van der Waals surface area contributed by atoms with Crippen molar-refractivity contribution in [3.63, 3.8) is 0 Å². The molecule has 21 heavy (non-hydrogen) atoms. The van der Waals surface area contributed by atoms with Gasteiger partial charge in [-0.25, -0.2) is 4.98 Å². The van der Waals surface area contributed by atoms with Crippen LogP contribution in [0.2, 0.25) is 0 Å². The fraction of sp³-hybridized carbons (Fsp3) is 0.389. The highest BCUT2D eigenvalue weighted by Gasteiger charge is 2.10. The van der Waals surface area contributed by atoms with Crippen LogP contribution in [0, 0.1) is 0 Å². The number of aromatic nitrogens is 1. The maximum atomic E-state index is 5.93. The minimum atomic E-state index is -0.00970. The molecule has 2 rings (SSSR count). The summed E-state index contributed by atoms with van der Waals surface area (Å²) in [7, 11) is 0. The van der Waals surface area contributed by atoms with Gasteiger partial charge >= 0.3 is 0 Å². The highest BCUT2D eigenvalue weighted by molar-refractivity contribution is 5.23. The molecule has 0 saturated carbocycles. The smallest absolute Gasteiger partial charge is 0.214 e. The van der Waals surface area contributed by atoms with Crippen LogP contribution in [0.15, 0.2) is 48.7 Å². The van der Waals surface area contributed by atoms with Crippen LogP contribution in [-0.4, -0.2) is 10.5 Å². The summed E-state index contributed by atoms with van der Waals surface area (Å²) in [6.07, 6.45) is 1.79. The van der Waals surface area contributed by atoms with Crippen molar-refractivity contribution in [1.82, 2.24) is 10.3 Å². The van der Waals surface area contributed by atoms with E-state index in [9.17, 15) is 0 Å². The number of rotatable bonds is 5. The van der Waals surface area contributed by atoms with Gasteiger partial charge in [-0.3, -0.25) is 0 Å². The van der Waals surface area contributed by atoms with Gasteiger partial charge in [0.1, 0.15) is 6.10 Å². The lowest BCUT2D eigenvalue weighted by Gasteiger charge is -2.21. The quantitative estimate of drug-likeness (QED) is 0.897. The fourth-order valence-electron chi connectivity index (χ4n) is 1.97. The van der Waals surface area contributed by atoms with Gasteiger partial charge in [0.2, 0.25) is 5.88 Å². The minimum absolute atomic E-state index is 0.00970. The van der Waals surface area contributed by atoms with Gasteiger partial charge in [0, 0.05) is 24.3 Å². The van der Waals surface area contributed by atoms with Crippen molar-refractivity contribution >= 4 is 0 Å². The summed E-state index contributed by atoms with van der Waals surface area (Å²) in [5.41, 5.74) is 2.43. The van der Waals surface area contributed by atoms with E-state index >= 15 is 0 Å². The lowest BCUT2D eigenvalue weighted by atomic mass is 10.1. The molecular weight excluding hydrogens is 260 g/mol. The number of pyridine rings is 1. The standard InChI is InChI=1S/C18H24N2O/c1-14(16-8-6-5-7-9-16)21-17-12-15(10-11-19-17)13-20-18(2,3)4/h5-12,14,20H,13H2,1-4H3. The highest BCUT2D eigenvalue weighted by Crippen LogP contribution is 2.20. The average molecular weight is 284 g/mol. The third-order valence-electron chi connectivity index (χ3n) is 3.19. The van der Waals surface area contributed by atoms with E-state index in [-0.39, 0.29) is 11.6 Å². The van der Waals surface area contributed by atoms with E-state index in [2.05, 4.69) is 43.2 Å². The van der Waals surface area contributed by atoms with Gasteiger partial charge in [-0.05, 0) is 44.9 Å². The summed E-state index contributed by atoms with van der Waals surface area (Å²) in [5.74, 6) is 0.666. The van der Waals surface area contributed by atoms with Gasteiger partial charge < -0.3 is 10.1 Å². The van der Waals surface area contributed by atoms with Crippen molar-refractivity contribution in [3.8, 4) is 5.88 Å². The molecule has 1 heterocycles. The van der Waals surface area contributed by atoms with E-state index in [1.165, 1.54) is 5.56 Å². The van der Waals surface area contributed by atoms with Crippen LogP contribution in [0.4, 0.5) is 0 Å². The Labute approximate surface area is 127 Å². The van der Waals surface area contributed by atoms with E-state index in [0.717, 1.165) is 12.1 Å². The molecule has 1 atom stereocenters. The molecule has 1 aromatic carbocycles. The minimum Gasteiger partial charge on any atom is -0.470 e. The number of ether oxygens (including phenoxy) is 1. The van der Waals surface area contributed by atoms with Crippen molar-refractivity contribution < 1.29 is 4.74 Å². The van der Waals surface area contributed by atoms with Gasteiger partial charge in [-0.1, -0.05) is 30.3 Å². The molecule has 0 aliphatic heterocycles. The Morgan fingerprint density at radius 1 is 1.14 bits per heavy atom. The van der Waals surface area contributed by atoms with Crippen molar-refractivity contribution in [2.24, 2.45) is 0 Å². The molecule has 3 nitrogen and oxygen atoms in total. The fourth-order valence-corrected chi connectivity index (χ4v) is 1.97. The topological polar surface area (TPSA) is 34.1 Å². The van der Waals surface area contributed by atoms with E-state index < -0.39 is 0 Å². The summed E-state index contributed by atoms with van der Waals surface area (Å²) in [6, 6.07) is 14.2. The van der Waals surface area contributed by atoms with Gasteiger partial charge in [0.25, 0.3) is 0 Å². The summed E-state index contributed by atoms with van der Waals surface area (Å²) < 4.78 is 5.93. The second-order valence-electron chi connectivity index (χ2n) is 6.28. The van der Waals surface area contributed by atoms with Gasteiger partial charge in [-0.15, -0.1) is 0 Å². The molecule has 0 aliphatic carbocycles. The Hall–Kier alpha value is -1.87. The molecular formula is C18H24N2O. The molecule has 0 saturated heterocycles. The zero-order valence-corrected chi connectivity index (χ0v) is 13.3. The molecule has 0 bridgehead atoms. The SMILES string of the molecule is CC(Oc1cc(CNC(C)(C)C)ccn1)c1ccccc1.